The minimum atomic E-state index is -0.307. The molecule has 28 heavy (non-hydrogen) atoms. The molecular weight excluding hydrogens is 354 g/mol. The summed E-state index contributed by atoms with van der Waals surface area (Å²) in [6.45, 7) is 0.734. The topological polar surface area (TPSA) is 63.7 Å². The molecule has 1 amide bonds. The zero-order valence-corrected chi connectivity index (χ0v) is 16.2. The molecule has 6 heteroatoms. The van der Waals surface area contributed by atoms with Crippen molar-refractivity contribution < 1.29 is 14.3 Å². The maximum atomic E-state index is 12.7. The summed E-state index contributed by atoms with van der Waals surface area (Å²) in [7, 11) is 5.10. The second-order valence-corrected chi connectivity index (χ2v) is 6.26. The van der Waals surface area contributed by atoms with Gasteiger partial charge in [-0.3, -0.25) is 9.78 Å². The van der Waals surface area contributed by atoms with Crippen molar-refractivity contribution >= 4 is 17.3 Å². The SMILES string of the molecule is COc1ccc(NC(=O)c2cc(N(C)Cc3ccccc3)ccn2)c(OC)c1. The van der Waals surface area contributed by atoms with Crippen LogP contribution in [0.15, 0.2) is 66.9 Å². The molecule has 0 fully saturated rings. The van der Waals surface area contributed by atoms with Crippen molar-refractivity contribution in [3.05, 3.63) is 78.1 Å². The number of pyridine rings is 1. The molecule has 0 bridgehead atoms. The lowest BCUT2D eigenvalue weighted by atomic mass is 10.2. The van der Waals surface area contributed by atoms with E-state index in [1.54, 1.807) is 44.7 Å². The Morgan fingerprint density at radius 2 is 1.82 bits per heavy atom. The summed E-state index contributed by atoms with van der Waals surface area (Å²) in [6, 6.07) is 19.0. The first-order chi connectivity index (χ1) is 13.6. The first-order valence-corrected chi connectivity index (χ1v) is 8.85. The number of benzene rings is 2. The number of hydrogen-bond acceptors (Lipinski definition) is 5. The van der Waals surface area contributed by atoms with Gasteiger partial charge in [-0.1, -0.05) is 30.3 Å². The number of nitrogens with one attached hydrogen (secondary N) is 1. The maximum Gasteiger partial charge on any atom is 0.274 e. The van der Waals surface area contributed by atoms with Crippen molar-refractivity contribution in [2.75, 3.05) is 31.5 Å². The third-order valence-corrected chi connectivity index (χ3v) is 4.34. The van der Waals surface area contributed by atoms with Crippen LogP contribution in [0, 0.1) is 0 Å². The molecule has 1 aromatic heterocycles. The number of amides is 1. The Balaban J connectivity index is 1.75. The second-order valence-electron chi connectivity index (χ2n) is 6.26. The smallest absolute Gasteiger partial charge is 0.274 e. The van der Waals surface area contributed by atoms with E-state index in [4.69, 9.17) is 9.47 Å². The molecule has 0 saturated heterocycles. The lowest BCUT2D eigenvalue weighted by Crippen LogP contribution is -2.19. The summed E-state index contributed by atoms with van der Waals surface area (Å²) < 4.78 is 10.5. The lowest BCUT2D eigenvalue weighted by molar-refractivity contribution is 0.102. The van der Waals surface area contributed by atoms with E-state index in [0.29, 0.717) is 22.9 Å². The van der Waals surface area contributed by atoms with Gasteiger partial charge in [0.2, 0.25) is 0 Å². The number of carbonyl (C=O) groups excluding carboxylic acids is 1. The second kappa shape index (κ2) is 8.90. The molecule has 0 saturated carbocycles. The zero-order chi connectivity index (χ0) is 19.9. The third-order valence-electron chi connectivity index (χ3n) is 4.34. The fourth-order valence-corrected chi connectivity index (χ4v) is 2.82. The molecule has 0 aliphatic rings. The van der Waals surface area contributed by atoms with Crippen LogP contribution in [-0.2, 0) is 6.54 Å². The summed E-state index contributed by atoms with van der Waals surface area (Å²) in [5, 5.41) is 2.84. The normalized spacial score (nSPS) is 10.2. The Bertz CT molecular complexity index is 945. The molecule has 6 nitrogen and oxygen atoms in total. The molecule has 3 rings (SSSR count). The predicted molar refractivity (Wildman–Crippen MR) is 110 cm³/mol. The summed E-state index contributed by atoms with van der Waals surface area (Å²) in [6.07, 6.45) is 1.64. The molecule has 1 heterocycles. The number of aromatic nitrogens is 1. The van der Waals surface area contributed by atoms with Gasteiger partial charge in [0, 0.05) is 31.5 Å². The van der Waals surface area contributed by atoms with Crippen molar-refractivity contribution in [3.63, 3.8) is 0 Å². The largest absolute Gasteiger partial charge is 0.497 e. The summed E-state index contributed by atoms with van der Waals surface area (Å²) in [5.74, 6) is 0.862. The van der Waals surface area contributed by atoms with Crippen LogP contribution < -0.4 is 19.7 Å². The van der Waals surface area contributed by atoms with Gasteiger partial charge in [0.15, 0.2) is 0 Å². The monoisotopic (exact) mass is 377 g/mol. The van der Waals surface area contributed by atoms with Crippen LogP contribution in [0.25, 0.3) is 0 Å². The Hall–Kier alpha value is -3.54. The fourth-order valence-electron chi connectivity index (χ4n) is 2.82. The molecule has 0 spiro atoms. The molecule has 144 valence electrons. The van der Waals surface area contributed by atoms with Crippen LogP contribution in [0.5, 0.6) is 11.5 Å². The van der Waals surface area contributed by atoms with Crippen LogP contribution >= 0.6 is 0 Å². The average Bonchev–Trinajstić information content (AvgIpc) is 2.74. The van der Waals surface area contributed by atoms with Crippen molar-refractivity contribution in [1.29, 1.82) is 0 Å². The molecule has 2 aromatic carbocycles. The number of carbonyl (C=O) groups is 1. The highest BCUT2D eigenvalue weighted by atomic mass is 16.5. The summed E-state index contributed by atoms with van der Waals surface area (Å²) in [5.41, 5.74) is 2.98. The number of rotatable bonds is 7. The predicted octanol–water partition coefficient (Wildman–Crippen LogP) is 3.99. The molecule has 0 atom stereocenters. The number of anilines is 2. The van der Waals surface area contributed by atoms with Crippen molar-refractivity contribution in [3.8, 4) is 11.5 Å². The van der Waals surface area contributed by atoms with E-state index < -0.39 is 0 Å². The van der Waals surface area contributed by atoms with E-state index >= 15 is 0 Å². The molecule has 0 aliphatic carbocycles. The van der Waals surface area contributed by atoms with E-state index in [9.17, 15) is 4.79 Å². The molecule has 0 radical (unpaired) electrons. The summed E-state index contributed by atoms with van der Waals surface area (Å²) >= 11 is 0. The van der Waals surface area contributed by atoms with Crippen LogP contribution in [-0.4, -0.2) is 32.2 Å². The van der Waals surface area contributed by atoms with Gasteiger partial charge in [-0.2, -0.15) is 0 Å². The highest BCUT2D eigenvalue weighted by molar-refractivity contribution is 6.04. The lowest BCUT2D eigenvalue weighted by Gasteiger charge is -2.20. The van der Waals surface area contributed by atoms with Gasteiger partial charge in [-0.15, -0.1) is 0 Å². The molecule has 1 N–H and O–H groups in total. The van der Waals surface area contributed by atoms with E-state index in [-0.39, 0.29) is 5.91 Å². The van der Waals surface area contributed by atoms with Crippen molar-refractivity contribution in [2.45, 2.75) is 6.54 Å². The number of methoxy groups -OCH3 is 2. The Labute approximate surface area is 164 Å². The standard InChI is InChI=1S/C22H23N3O3/c1-25(15-16-7-5-4-6-8-16)17-11-12-23-20(13-17)22(26)24-19-10-9-18(27-2)14-21(19)28-3/h4-14H,15H2,1-3H3,(H,24,26). The van der Waals surface area contributed by atoms with Gasteiger partial charge in [0.05, 0.1) is 19.9 Å². The molecule has 0 aliphatic heterocycles. The van der Waals surface area contributed by atoms with E-state index in [0.717, 1.165) is 12.2 Å². The van der Waals surface area contributed by atoms with Gasteiger partial charge in [-0.05, 0) is 29.8 Å². The van der Waals surface area contributed by atoms with Gasteiger partial charge < -0.3 is 19.7 Å². The number of ether oxygens (including phenoxy) is 2. The van der Waals surface area contributed by atoms with Crippen LogP contribution in [0.4, 0.5) is 11.4 Å². The van der Waals surface area contributed by atoms with Crippen molar-refractivity contribution in [2.24, 2.45) is 0 Å². The highest BCUT2D eigenvalue weighted by Crippen LogP contribution is 2.29. The first kappa shape index (κ1) is 19.2. The average molecular weight is 377 g/mol. The zero-order valence-electron chi connectivity index (χ0n) is 16.2. The van der Waals surface area contributed by atoms with Crippen LogP contribution in [0.2, 0.25) is 0 Å². The van der Waals surface area contributed by atoms with E-state index in [2.05, 4.69) is 27.3 Å². The fraction of sp³-hybridized carbons (Fsp3) is 0.182. The third kappa shape index (κ3) is 4.59. The van der Waals surface area contributed by atoms with Crippen LogP contribution in [0.1, 0.15) is 16.1 Å². The maximum absolute atomic E-state index is 12.7. The molecular formula is C22H23N3O3. The Morgan fingerprint density at radius 3 is 2.54 bits per heavy atom. The Kier molecular flexibility index (Phi) is 6.11. The van der Waals surface area contributed by atoms with Gasteiger partial charge >= 0.3 is 0 Å². The van der Waals surface area contributed by atoms with Crippen LogP contribution in [0.3, 0.4) is 0 Å². The Morgan fingerprint density at radius 1 is 1.04 bits per heavy atom. The van der Waals surface area contributed by atoms with E-state index in [1.165, 1.54) is 5.56 Å². The van der Waals surface area contributed by atoms with Gasteiger partial charge in [0.1, 0.15) is 17.2 Å². The minimum Gasteiger partial charge on any atom is -0.497 e. The minimum absolute atomic E-state index is 0.307. The van der Waals surface area contributed by atoms with Gasteiger partial charge in [-0.25, -0.2) is 0 Å². The molecule has 0 unspecified atom stereocenters. The van der Waals surface area contributed by atoms with Gasteiger partial charge in [0.25, 0.3) is 5.91 Å². The number of nitrogens with zero attached hydrogens (tertiary/aromatic N) is 2. The van der Waals surface area contributed by atoms with E-state index in [1.807, 2.05) is 31.3 Å². The summed E-state index contributed by atoms with van der Waals surface area (Å²) in [4.78, 5) is 19.0. The van der Waals surface area contributed by atoms with Crippen molar-refractivity contribution in [1.82, 2.24) is 4.98 Å². The quantitative estimate of drug-likeness (QED) is 0.675. The highest BCUT2D eigenvalue weighted by Gasteiger charge is 2.13. The molecule has 3 aromatic rings. The number of hydrogen-bond donors (Lipinski definition) is 1. The first-order valence-electron chi connectivity index (χ1n) is 8.85.